The van der Waals surface area contributed by atoms with Gasteiger partial charge in [0.1, 0.15) is 12.4 Å². The van der Waals surface area contributed by atoms with Crippen molar-refractivity contribution in [2.24, 2.45) is 0 Å². The quantitative estimate of drug-likeness (QED) is 0.737. The summed E-state index contributed by atoms with van der Waals surface area (Å²) in [6.07, 6.45) is 3.60. The Hall–Kier alpha value is -2.30. The third-order valence-corrected chi connectivity index (χ3v) is 4.63. The minimum atomic E-state index is -0.171. The first-order valence-electron chi connectivity index (χ1n) is 7.12. The van der Waals surface area contributed by atoms with Gasteiger partial charge in [-0.3, -0.25) is 0 Å². The highest BCUT2D eigenvalue weighted by atomic mass is 35.5. The molecule has 1 N–H and O–H groups in total. The van der Waals surface area contributed by atoms with E-state index in [0.717, 1.165) is 16.8 Å². The van der Waals surface area contributed by atoms with E-state index in [1.54, 1.807) is 10.7 Å². The van der Waals surface area contributed by atoms with E-state index in [1.165, 1.54) is 6.33 Å². The van der Waals surface area contributed by atoms with Gasteiger partial charge in [-0.25, -0.2) is 4.68 Å². The first-order valence-corrected chi connectivity index (χ1v) is 7.87. The molecule has 0 amide bonds. The van der Waals surface area contributed by atoms with Crippen LogP contribution in [0, 0.1) is 0 Å². The minimum absolute atomic E-state index is 0.171. The number of allylic oxidation sites excluding steroid dienone is 1. The van der Waals surface area contributed by atoms with Gasteiger partial charge in [0.15, 0.2) is 0 Å². The van der Waals surface area contributed by atoms with Crippen LogP contribution in [-0.4, -0.2) is 14.8 Å². The van der Waals surface area contributed by atoms with Gasteiger partial charge in [-0.2, -0.15) is 10.1 Å². The predicted octanol–water partition coefficient (Wildman–Crippen LogP) is 4.64. The molecule has 0 bridgehead atoms. The average molecular weight is 343 g/mol. The first-order chi connectivity index (χ1) is 11.2. The molecular formula is C17H12Cl2N4. The molecule has 0 saturated carbocycles. The van der Waals surface area contributed by atoms with Gasteiger partial charge in [-0.1, -0.05) is 65.7 Å². The van der Waals surface area contributed by atoms with Crippen LogP contribution in [0.5, 0.6) is 0 Å². The zero-order chi connectivity index (χ0) is 15.8. The van der Waals surface area contributed by atoms with Crippen LogP contribution in [0.3, 0.4) is 0 Å². The monoisotopic (exact) mass is 342 g/mol. The van der Waals surface area contributed by atoms with Gasteiger partial charge >= 0.3 is 0 Å². The van der Waals surface area contributed by atoms with Crippen LogP contribution >= 0.6 is 23.2 Å². The molecule has 0 aliphatic carbocycles. The van der Waals surface area contributed by atoms with Gasteiger partial charge < -0.3 is 5.32 Å². The fraction of sp³-hybridized carbons (Fsp3) is 0.0588. The minimum Gasteiger partial charge on any atom is -0.324 e. The second kappa shape index (κ2) is 5.72. The standard InChI is InChI=1S/C17H12Cl2N4/c18-13-8-4-7-12(16(13)19)15-9-14(11-5-2-1-3-6-11)22-17-20-10-21-23(15)17/h1-10,15H,(H,20,21,22)/t15-/m1/s1. The number of halogens is 2. The highest BCUT2D eigenvalue weighted by molar-refractivity contribution is 6.42. The topological polar surface area (TPSA) is 42.7 Å². The van der Waals surface area contributed by atoms with E-state index in [2.05, 4.69) is 21.5 Å². The molecule has 0 radical (unpaired) electrons. The molecule has 0 unspecified atom stereocenters. The molecule has 4 nitrogen and oxygen atoms in total. The van der Waals surface area contributed by atoms with E-state index in [0.29, 0.717) is 16.0 Å². The highest BCUT2D eigenvalue weighted by Crippen LogP contribution is 2.37. The molecule has 1 aliphatic heterocycles. The number of rotatable bonds is 2. The van der Waals surface area contributed by atoms with Crippen molar-refractivity contribution in [2.45, 2.75) is 6.04 Å². The number of hydrogen-bond donors (Lipinski definition) is 1. The van der Waals surface area contributed by atoms with Crippen LogP contribution in [-0.2, 0) is 0 Å². The van der Waals surface area contributed by atoms with E-state index in [9.17, 15) is 0 Å². The van der Waals surface area contributed by atoms with Crippen molar-refractivity contribution in [3.05, 3.63) is 82.1 Å². The second-order valence-electron chi connectivity index (χ2n) is 5.19. The van der Waals surface area contributed by atoms with E-state index in [4.69, 9.17) is 23.2 Å². The van der Waals surface area contributed by atoms with E-state index < -0.39 is 0 Å². The Labute approximate surface area is 143 Å². The van der Waals surface area contributed by atoms with Crippen molar-refractivity contribution < 1.29 is 0 Å². The lowest BCUT2D eigenvalue weighted by atomic mass is 10.0. The van der Waals surface area contributed by atoms with Crippen LogP contribution in [0.25, 0.3) is 5.70 Å². The van der Waals surface area contributed by atoms with Gasteiger partial charge in [0, 0.05) is 11.3 Å². The van der Waals surface area contributed by atoms with Gasteiger partial charge in [0.2, 0.25) is 5.95 Å². The summed E-state index contributed by atoms with van der Waals surface area (Å²) >= 11 is 12.6. The van der Waals surface area contributed by atoms with Crippen LogP contribution in [0.4, 0.5) is 5.95 Å². The summed E-state index contributed by atoms with van der Waals surface area (Å²) in [6, 6.07) is 15.5. The van der Waals surface area contributed by atoms with Crippen LogP contribution in [0.1, 0.15) is 17.2 Å². The Bertz CT molecular complexity index is 887. The maximum Gasteiger partial charge on any atom is 0.226 e. The maximum atomic E-state index is 6.41. The van der Waals surface area contributed by atoms with Crippen molar-refractivity contribution in [3.63, 3.8) is 0 Å². The summed E-state index contributed by atoms with van der Waals surface area (Å²) in [5.41, 5.74) is 2.93. The zero-order valence-corrected chi connectivity index (χ0v) is 13.5. The number of aromatic nitrogens is 3. The maximum absolute atomic E-state index is 6.41. The smallest absolute Gasteiger partial charge is 0.226 e. The third-order valence-electron chi connectivity index (χ3n) is 3.79. The number of anilines is 1. The van der Waals surface area contributed by atoms with Gasteiger partial charge in [-0.15, -0.1) is 0 Å². The first kappa shape index (κ1) is 14.3. The molecule has 114 valence electrons. The summed E-state index contributed by atoms with van der Waals surface area (Å²) in [5, 5.41) is 8.67. The molecular weight excluding hydrogens is 331 g/mol. The molecule has 6 heteroatoms. The van der Waals surface area contributed by atoms with Gasteiger partial charge in [-0.05, 0) is 17.7 Å². The third kappa shape index (κ3) is 2.50. The van der Waals surface area contributed by atoms with Crippen LogP contribution in [0.15, 0.2) is 60.9 Å². The van der Waals surface area contributed by atoms with Crippen LogP contribution < -0.4 is 5.32 Å². The Morgan fingerprint density at radius 3 is 2.65 bits per heavy atom. The van der Waals surface area contributed by atoms with E-state index in [1.807, 2.05) is 42.5 Å². The molecule has 0 saturated heterocycles. The van der Waals surface area contributed by atoms with Crippen molar-refractivity contribution in [1.82, 2.24) is 14.8 Å². The summed E-state index contributed by atoms with van der Waals surface area (Å²) in [4.78, 5) is 4.28. The van der Waals surface area contributed by atoms with Crippen LogP contribution in [0.2, 0.25) is 10.0 Å². The molecule has 1 atom stereocenters. The zero-order valence-electron chi connectivity index (χ0n) is 11.9. The second-order valence-corrected chi connectivity index (χ2v) is 5.97. The summed E-state index contributed by atoms with van der Waals surface area (Å²) in [6.45, 7) is 0. The molecule has 4 rings (SSSR count). The number of fused-ring (bicyclic) bond motifs is 1. The average Bonchev–Trinajstić information content (AvgIpc) is 3.06. The Morgan fingerprint density at radius 2 is 1.83 bits per heavy atom. The Balaban J connectivity index is 1.87. The molecule has 1 aromatic heterocycles. The molecule has 0 spiro atoms. The number of nitrogens with one attached hydrogen (secondary N) is 1. The molecule has 0 fully saturated rings. The van der Waals surface area contributed by atoms with E-state index >= 15 is 0 Å². The van der Waals surface area contributed by atoms with Gasteiger partial charge in [0.05, 0.1) is 10.0 Å². The molecule has 2 aromatic carbocycles. The summed E-state index contributed by atoms with van der Waals surface area (Å²) in [7, 11) is 0. The highest BCUT2D eigenvalue weighted by Gasteiger charge is 2.25. The Morgan fingerprint density at radius 1 is 1.00 bits per heavy atom. The lowest BCUT2D eigenvalue weighted by Gasteiger charge is -2.25. The number of nitrogens with zero attached hydrogens (tertiary/aromatic N) is 3. The lowest BCUT2D eigenvalue weighted by molar-refractivity contribution is 0.612. The molecule has 2 heterocycles. The lowest BCUT2D eigenvalue weighted by Crippen LogP contribution is -2.20. The normalized spacial score (nSPS) is 16.4. The van der Waals surface area contributed by atoms with Crippen molar-refractivity contribution in [1.29, 1.82) is 0 Å². The Kier molecular flexibility index (Phi) is 3.56. The number of hydrogen-bond acceptors (Lipinski definition) is 3. The fourth-order valence-electron chi connectivity index (χ4n) is 2.69. The molecule has 23 heavy (non-hydrogen) atoms. The SMILES string of the molecule is Clc1cccc([C@H]2C=C(c3ccccc3)Nc3ncnn32)c1Cl. The van der Waals surface area contributed by atoms with Crippen molar-refractivity contribution >= 4 is 34.8 Å². The number of benzene rings is 2. The van der Waals surface area contributed by atoms with Crippen molar-refractivity contribution in [3.8, 4) is 0 Å². The summed E-state index contributed by atoms with van der Waals surface area (Å²) < 4.78 is 1.80. The molecule has 1 aliphatic rings. The summed E-state index contributed by atoms with van der Waals surface area (Å²) in [5.74, 6) is 0.674. The van der Waals surface area contributed by atoms with Gasteiger partial charge in [0.25, 0.3) is 0 Å². The molecule has 3 aromatic rings. The van der Waals surface area contributed by atoms with Crippen molar-refractivity contribution in [2.75, 3.05) is 5.32 Å². The largest absolute Gasteiger partial charge is 0.324 e. The predicted molar refractivity (Wildman–Crippen MR) is 92.7 cm³/mol. The van der Waals surface area contributed by atoms with E-state index in [-0.39, 0.29) is 6.04 Å². The fourth-order valence-corrected chi connectivity index (χ4v) is 3.11.